The number of halogens is 1. The number of nitrogens with two attached hydrogens (primary N) is 1. The van der Waals surface area contributed by atoms with Gasteiger partial charge in [-0.3, -0.25) is 9.79 Å². The van der Waals surface area contributed by atoms with Gasteiger partial charge in [-0.25, -0.2) is 24.0 Å². The Morgan fingerprint density at radius 1 is 1.27 bits per heavy atom. The number of hydrogen-bond donors (Lipinski definition) is 3. The molecular weight excluding hydrogens is 475 g/mol. The van der Waals surface area contributed by atoms with Crippen molar-refractivity contribution in [1.29, 1.82) is 0 Å². The fourth-order valence-electron chi connectivity index (χ4n) is 4.50. The number of nitrogen functional groups attached to an aromatic ring is 1. The van der Waals surface area contributed by atoms with E-state index in [-0.39, 0.29) is 23.5 Å². The van der Waals surface area contributed by atoms with Crippen LogP contribution in [-0.2, 0) is 4.79 Å². The summed E-state index contributed by atoms with van der Waals surface area (Å²) in [5.74, 6) is 0.319. The van der Waals surface area contributed by atoms with Crippen molar-refractivity contribution >= 4 is 34.7 Å². The molecule has 5 rings (SSSR count). The summed E-state index contributed by atoms with van der Waals surface area (Å²) in [6, 6.07) is 5.47. The van der Waals surface area contributed by atoms with Crippen molar-refractivity contribution in [2.45, 2.75) is 26.3 Å². The van der Waals surface area contributed by atoms with Gasteiger partial charge in [-0.15, -0.1) is 0 Å². The number of carbonyl (C=O) groups is 1. The van der Waals surface area contributed by atoms with Crippen LogP contribution in [0.2, 0.25) is 0 Å². The second kappa shape index (κ2) is 9.80. The largest absolute Gasteiger partial charge is 0.383 e. The highest BCUT2D eigenvalue weighted by Gasteiger charge is 2.38. The van der Waals surface area contributed by atoms with Crippen molar-refractivity contribution in [1.82, 2.24) is 34.6 Å². The number of hydrogen-bond acceptors (Lipinski definition) is 8. The highest BCUT2D eigenvalue weighted by atomic mass is 19.1. The number of H-pyrrole nitrogens is 1. The zero-order valence-electron chi connectivity index (χ0n) is 20.7. The summed E-state index contributed by atoms with van der Waals surface area (Å²) in [5.41, 5.74) is 9.27. The average molecular weight is 503 g/mol. The number of aromatic amines is 1. The first kappa shape index (κ1) is 24.1. The monoisotopic (exact) mass is 502 g/mol. The van der Waals surface area contributed by atoms with Crippen LogP contribution >= 0.6 is 0 Å². The molecule has 4 aromatic rings. The van der Waals surface area contributed by atoms with Gasteiger partial charge in [-0.1, -0.05) is 13.8 Å². The molecule has 3 aromatic heterocycles. The van der Waals surface area contributed by atoms with E-state index in [9.17, 15) is 9.18 Å². The van der Waals surface area contributed by atoms with E-state index in [0.717, 1.165) is 5.70 Å². The first-order chi connectivity index (χ1) is 17.9. The van der Waals surface area contributed by atoms with Gasteiger partial charge < -0.3 is 20.9 Å². The third-order valence-corrected chi connectivity index (χ3v) is 6.23. The topological polar surface area (TPSA) is 143 Å². The maximum absolute atomic E-state index is 13.9. The molecule has 0 saturated carbocycles. The number of anilines is 2. The molecule has 12 heteroatoms. The van der Waals surface area contributed by atoms with Gasteiger partial charge in [0.05, 0.1) is 11.1 Å². The maximum atomic E-state index is 13.9. The van der Waals surface area contributed by atoms with Crippen LogP contribution in [0.25, 0.3) is 22.6 Å². The summed E-state index contributed by atoms with van der Waals surface area (Å²) in [4.78, 5) is 35.6. The summed E-state index contributed by atoms with van der Waals surface area (Å²) in [7, 11) is 1.66. The molecule has 1 aromatic carbocycles. The number of amides is 1. The van der Waals surface area contributed by atoms with Gasteiger partial charge in [0.15, 0.2) is 11.5 Å². The molecular formula is C25H27FN10O. The normalized spacial score (nSPS) is 16.8. The van der Waals surface area contributed by atoms with E-state index in [4.69, 9.17) is 10.8 Å². The molecule has 4 N–H and O–H groups in total. The van der Waals surface area contributed by atoms with Crippen LogP contribution in [0.3, 0.4) is 0 Å². The number of aliphatic imine (C=N–C) groups is 1. The van der Waals surface area contributed by atoms with Crippen LogP contribution in [0, 0.1) is 11.7 Å². The summed E-state index contributed by atoms with van der Waals surface area (Å²) in [6.07, 6.45) is 6.83. The van der Waals surface area contributed by atoms with Crippen molar-refractivity contribution in [3.8, 4) is 11.5 Å². The van der Waals surface area contributed by atoms with Crippen LogP contribution in [0.4, 0.5) is 15.9 Å². The van der Waals surface area contributed by atoms with Gasteiger partial charge >= 0.3 is 0 Å². The van der Waals surface area contributed by atoms with E-state index in [1.807, 2.05) is 13.8 Å². The van der Waals surface area contributed by atoms with Crippen molar-refractivity contribution in [2.24, 2.45) is 10.9 Å². The van der Waals surface area contributed by atoms with E-state index in [1.54, 1.807) is 47.4 Å². The van der Waals surface area contributed by atoms with Crippen LogP contribution in [-0.4, -0.2) is 60.3 Å². The SMILES string of the molecule is CN=C/C(=C(\Nc1ccc(F)cc1)C(C)C)N1CCC(n2nc(-c3ncc[nH]3)c3c(N)ncnc32)C1=O. The Labute approximate surface area is 212 Å². The van der Waals surface area contributed by atoms with Gasteiger partial charge in [0, 0.05) is 43.6 Å². The number of aromatic nitrogens is 6. The van der Waals surface area contributed by atoms with Crippen molar-refractivity contribution < 1.29 is 9.18 Å². The third kappa shape index (κ3) is 4.41. The number of nitrogens with one attached hydrogen (secondary N) is 2. The zero-order chi connectivity index (χ0) is 26.1. The fourth-order valence-corrected chi connectivity index (χ4v) is 4.50. The lowest BCUT2D eigenvalue weighted by Crippen LogP contribution is -2.32. The number of likely N-dealkylation sites (tertiary alicyclic amines) is 1. The predicted octanol–water partition coefficient (Wildman–Crippen LogP) is 3.39. The van der Waals surface area contributed by atoms with Crippen LogP contribution in [0.1, 0.15) is 26.3 Å². The molecule has 4 heterocycles. The Hall–Kier alpha value is -4.61. The van der Waals surface area contributed by atoms with Gasteiger partial charge in [0.2, 0.25) is 0 Å². The van der Waals surface area contributed by atoms with Crippen LogP contribution < -0.4 is 11.1 Å². The Kier molecular flexibility index (Phi) is 6.38. The zero-order valence-corrected chi connectivity index (χ0v) is 20.7. The molecule has 1 aliphatic rings. The van der Waals surface area contributed by atoms with E-state index >= 15 is 0 Å². The standard InChI is InChI=1S/C25H27FN10O/c1-14(2)20(33-16-6-4-15(26)5-7-16)18(12-28-3)35-11-8-17(25(35)37)36-24-19(22(27)31-13-32-24)21(34-36)23-29-9-10-30-23/h4-7,9-10,12-14,17,33H,8,11H2,1-3H3,(H,29,30)(H2,27,31,32)/b20-18+,28-12?. The maximum Gasteiger partial charge on any atom is 0.252 e. The lowest BCUT2D eigenvalue weighted by molar-refractivity contribution is -0.128. The molecule has 1 amide bonds. The third-order valence-electron chi connectivity index (χ3n) is 6.23. The Bertz CT molecular complexity index is 1490. The Morgan fingerprint density at radius 3 is 2.73 bits per heavy atom. The number of fused-ring (bicyclic) bond motifs is 1. The van der Waals surface area contributed by atoms with Crippen LogP contribution in [0.5, 0.6) is 0 Å². The number of imidazole rings is 1. The fraction of sp³-hybridized carbons (Fsp3) is 0.280. The second-order valence-corrected chi connectivity index (χ2v) is 8.96. The molecule has 11 nitrogen and oxygen atoms in total. The molecule has 0 bridgehead atoms. The summed E-state index contributed by atoms with van der Waals surface area (Å²) in [6.45, 7) is 4.48. The van der Waals surface area contributed by atoms with Gasteiger partial charge in [-0.2, -0.15) is 5.10 Å². The van der Waals surface area contributed by atoms with Gasteiger partial charge in [0.1, 0.15) is 29.7 Å². The minimum absolute atomic E-state index is 0.0218. The van der Waals surface area contributed by atoms with E-state index in [1.165, 1.54) is 18.5 Å². The highest BCUT2D eigenvalue weighted by Crippen LogP contribution is 2.35. The van der Waals surface area contributed by atoms with Gasteiger partial charge in [-0.05, 0) is 36.6 Å². The molecule has 0 radical (unpaired) electrons. The van der Waals surface area contributed by atoms with Crippen molar-refractivity contribution in [2.75, 3.05) is 24.6 Å². The summed E-state index contributed by atoms with van der Waals surface area (Å²) < 4.78 is 15.1. The molecule has 0 aliphatic carbocycles. The van der Waals surface area contributed by atoms with E-state index in [2.05, 4.69) is 30.2 Å². The minimum Gasteiger partial charge on any atom is -0.383 e. The van der Waals surface area contributed by atoms with Crippen molar-refractivity contribution in [3.05, 3.63) is 60.2 Å². The lowest BCUT2D eigenvalue weighted by atomic mass is 10.1. The predicted molar refractivity (Wildman–Crippen MR) is 139 cm³/mol. The number of carbonyl (C=O) groups excluding carboxylic acids is 1. The average Bonchev–Trinajstić information content (AvgIpc) is 3.62. The highest BCUT2D eigenvalue weighted by molar-refractivity contribution is 5.98. The van der Waals surface area contributed by atoms with Crippen molar-refractivity contribution in [3.63, 3.8) is 0 Å². The number of benzene rings is 1. The summed E-state index contributed by atoms with van der Waals surface area (Å²) >= 11 is 0. The molecule has 0 spiro atoms. The Balaban J connectivity index is 1.55. The molecule has 1 atom stereocenters. The molecule has 1 aliphatic heterocycles. The molecule has 1 saturated heterocycles. The second-order valence-electron chi connectivity index (χ2n) is 8.96. The number of nitrogens with zero attached hydrogens (tertiary/aromatic N) is 7. The molecule has 1 unspecified atom stereocenters. The lowest BCUT2D eigenvalue weighted by Gasteiger charge is -2.25. The summed E-state index contributed by atoms with van der Waals surface area (Å²) in [5, 5.41) is 8.61. The van der Waals surface area contributed by atoms with Crippen LogP contribution in [0.15, 0.2) is 59.4 Å². The Morgan fingerprint density at radius 2 is 2.05 bits per heavy atom. The first-order valence-electron chi connectivity index (χ1n) is 11.9. The first-order valence-corrected chi connectivity index (χ1v) is 11.9. The number of allylic oxidation sites excluding steroid dienone is 2. The van der Waals surface area contributed by atoms with E-state index < -0.39 is 6.04 Å². The van der Waals surface area contributed by atoms with Gasteiger partial charge in [0.25, 0.3) is 5.91 Å². The minimum atomic E-state index is -0.611. The molecule has 1 fully saturated rings. The quantitative estimate of drug-likeness (QED) is 0.329. The number of rotatable bonds is 7. The van der Waals surface area contributed by atoms with E-state index in [0.29, 0.717) is 46.9 Å². The molecule has 37 heavy (non-hydrogen) atoms. The smallest absolute Gasteiger partial charge is 0.252 e. The molecule has 190 valence electrons.